The van der Waals surface area contributed by atoms with Crippen LogP contribution in [0, 0.1) is 5.92 Å². The summed E-state index contributed by atoms with van der Waals surface area (Å²) in [5, 5.41) is 0. The lowest BCUT2D eigenvalue weighted by molar-refractivity contribution is -0.188. The van der Waals surface area contributed by atoms with Gasteiger partial charge in [0, 0.05) is 33.8 Å². The van der Waals surface area contributed by atoms with Gasteiger partial charge in [-0.1, -0.05) is 6.92 Å². The second-order valence-electron chi connectivity index (χ2n) is 5.29. The van der Waals surface area contributed by atoms with Crippen molar-refractivity contribution in [3.8, 4) is 0 Å². The molecule has 0 spiro atoms. The van der Waals surface area contributed by atoms with Crippen LogP contribution in [0.5, 0.6) is 0 Å². The maximum atomic E-state index is 14.2. The van der Waals surface area contributed by atoms with E-state index in [-0.39, 0.29) is 6.61 Å². The third kappa shape index (κ3) is 7.92. The molecule has 0 heterocycles. The van der Waals surface area contributed by atoms with Crippen LogP contribution >= 0.6 is 0 Å². The van der Waals surface area contributed by atoms with Crippen LogP contribution in [0.1, 0.15) is 34.6 Å². The molecule has 0 N–H and O–H groups in total. The summed E-state index contributed by atoms with van der Waals surface area (Å²) < 4.78 is 34.2. The topological polar surface area (TPSA) is 88.1 Å². The Morgan fingerprint density at radius 1 is 0.870 bits per heavy atom. The molecule has 0 bridgehead atoms. The van der Waals surface area contributed by atoms with Gasteiger partial charge < -0.3 is 18.9 Å². The highest BCUT2D eigenvalue weighted by Gasteiger charge is 2.41. The summed E-state index contributed by atoms with van der Waals surface area (Å²) in [6.07, 6.45) is -4.65. The number of hydrogen-bond acceptors (Lipinski definition) is 7. The van der Waals surface area contributed by atoms with Gasteiger partial charge >= 0.3 is 17.9 Å². The zero-order valence-electron chi connectivity index (χ0n) is 14.3. The lowest BCUT2D eigenvalue weighted by atomic mass is 9.92. The molecular weight excluding hydrogens is 311 g/mol. The first-order valence-corrected chi connectivity index (χ1v) is 7.24. The number of alkyl halides is 1. The average Bonchev–Trinajstić information content (AvgIpc) is 2.40. The molecular formula is C15H25FO7. The van der Waals surface area contributed by atoms with Crippen LogP contribution in [0.25, 0.3) is 0 Å². The second-order valence-corrected chi connectivity index (χ2v) is 5.29. The van der Waals surface area contributed by atoms with Crippen molar-refractivity contribution in [2.45, 2.75) is 59.1 Å². The van der Waals surface area contributed by atoms with E-state index in [4.69, 9.17) is 18.9 Å². The Bertz CT molecular complexity index is 413. The first-order chi connectivity index (χ1) is 10.6. The van der Waals surface area contributed by atoms with Gasteiger partial charge in [0.15, 0.2) is 6.10 Å². The summed E-state index contributed by atoms with van der Waals surface area (Å²) >= 11 is 0. The van der Waals surface area contributed by atoms with E-state index in [1.54, 1.807) is 0 Å². The van der Waals surface area contributed by atoms with E-state index in [9.17, 15) is 18.8 Å². The lowest BCUT2D eigenvalue weighted by Gasteiger charge is -2.34. The summed E-state index contributed by atoms with van der Waals surface area (Å²) in [4.78, 5) is 33.8. The Hall–Kier alpha value is -1.70. The molecule has 0 aromatic rings. The molecule has 3 unspecified atom stereocenters. The van der Waals surface area contributed by atoms with Crippen molar-refractivity contribution in [1.82, 2.24) is 0 Å². The highest BCUT2D eigenvalue weighted by atomic mass is 19.1. The Morgan fingerprint density at radius 3 is 1.70 bits per heavy atom. The van der Waals surface area contributed by atoms with Crippen molar-refractivity contribution in [2.75, 3.05) is 13.7 Å². The molecule has 0 aliphatic rings. The Morgan fingerprint density at radius 2 is 1.30 bits per heavy atom. The molecule has 0 aromatic heterocycles. The van der Waals surface area contributed by atoms with E-state index in [1.807, 2.05) is 0 Å². The van der Waals surface area contributed by atoms with Gasteiger partial charge in [-0.25, -0.2) is 4.39 Å². The van der Waals surface area contributed by atoms with E-state index in [2.05, 4.69) is 0 Å². The van der Waals surface area contributed by atoms with Crippen LogP contribution in [-0.4, -0.2) is 56.1 Å². The molecule has 7 nitrogen and oxygen atoms in total. The van der Waals surface area contributed by atoms with Crippen LogP contribution in [0.3, 0.4) is 0 Å². The summed E-state index contributed by atoms with van der Waals surface area (Å²) in [5.74, 6) is -2.78. The number of carbonyl (C=O) groups is 3. The van der Waals surface area contributed by atoms with Crippen LogP contribution in [0.2, 0.25) is 0 Å². The van der Waals surface area contributed by atoms with E-state index in [0.717, 1.165) is 13.8 Å². The molecule has 0 aliphatic heterocycles. The van der Waals surface area contributed by atoms with Crippen molar-refractivity contribution < 1.29 is 37.7 Å². The maximum Gasteiger partial charge on any atom is 0.303 e. The minimum absolute atomic E-state index is 0.215. The average molecular weight is 336 g/mol. The standard InChI is InChI=1S/C15H25FO7/c1-8(13(16)7-20-6)14(22-11(4)18)15(23-12(5)19)9(2)21-10(3)17/h8-9,13-15H,7H2,1-6H3/t8?,9-,13-,14?,15?/m0/s1. The van der Waals surface area contributed by atoms with Gasteiger partial charge in [-0.05, 0) is 6.92 Å². The van der Waals surface area contributed by atoms with E-state index < -0.39 is 48.3 Å². The third-order valence-corrected chi connectivity index (χ3v) is 3.16. The molecule has 0 radical (unpaired) electrons. The summed E-state index contributed by atoms with van der Waals surface area (Å²) in [6.45, 7) is 6.26. The zero-order chi connectivity index (χ0) is 18.2. The minimum Gasteiger partial charge on any atom is -0.459 e. The highest BCUT2D eigenvalue weighted by Crippen LogP contribution is 2.24. The predicted molar refractivity (Wildman–Crippen MR) is 78.3 cm³/mol. The molecule has 8 heteroatoms. The second kappa shape index (κ2) is 10.1. The minimum atomic E-state index is -1.47. The molecule has 0 saturated carbocycles. The normalized spacial score (nSPS) is 17.3. The summed E-state index contributed by atoms with van der Waals surface area (Å²) in [5.41, 5.74) is 0. The van der Waals surface area contributed by atoms with Gasteiger partial charge in [0.25, 0.3) is 0 Å². The van der Waals surface area contributed by atoms with Gasteiger partial charge in [0.05, 0.1) is 6.61 Å². The Labute approximate surface area is 135 Å². The zero-order valence-corrected chi connectivity index (χ0v) is 14.3. The van der Waals surface area contributed by atoms with Gasteiger partial charge in [0.1, 0.15) is 18.4 Å². The molecule has 0 rings (SSSR count). The van der Waals surface area contributed by atoms with Crippen molar-refractivity contribution >= 4 is 17.9 Å². The molecule has 0 aromatic carbocycles. The number of halogens is 1. The van der Waals surface area contributed by atoms with Gasteiger partial charge in [0.2, 0.25) is 0 Å². The monoisotopic (exact) mass is 336 g/mol. The van der Waals surface area contributed by atoms with Crippen molar-refractivity contribution in [3.63, 3.8) is 0 Å². The molecule has 23 heavy (non-hydrogen) atoms. The smallest absolute Gasteiger partial charge is 0.303 e. The number of hydrogen-bond donors (Lipinski definition) is 0. The van der Waals surface area contributed by atoms with E-state index >= 15 is 0 Å². The molecule has 0 aliphatic carbocycles. The van der Waals surface area contributed by atoms with Crippen molar-refractivity contribution in [3.05, 3.63) is 0 Å². The lowest BCUT2D eigenvalue weighted by Crippen LogP contribution is -2.49. The quantitative estimate of drug-likeness (QED) is 0.465. The largest absolute Gasteiger partial charge is 0.459 e. The van der Waals surface area contributed by atoms with Gasteiger partial charge in [-0.2, -0.15) is 0 Å². The molecule has 0 amide bonds. The van der Waals surface area contributed by atoms with Crippen LogP contribution in [0.15, 0.2) is 0 Å². The van der Waals surface area contributed by atoms with Crippen molar-refractivity contribution in [1.29, 1.82) is 0 Å². The van der Waals surface area contributed by atoms with Gasteiger partial charge in [-0.15, -0.1) is 0 Å². The van der Waals surface area contributed by atoms with Crippen LogP contribution in [0.4, 0.5) is 4.39 Å². The van der Waals surface area contributed by atoms with E-state index in [1.165, 1.54) is 27.9 Å². The number of methoxy groups -OCH3 is 1. The third-order valence-electron chi connectivity index (χ3n) is 3.16. The molecule has 134 valence electrons. The Kier molecular flexibility index (Phi) is 9.40. The first kappa shape index (κ1) is 21.3. The SMILES string of the molecule is COC[C@H](F)C(C)C(OC(C)=O)C(OC(C)=O)[C@H](C)OC(C)=O. The number of carbonyl (C=O) groups excluding carboxylic acids is 3. The van der Waals surface area contributed by atoms with Crippen molar-refractivity contribution in [2.24, 2.45) is 5.92 Å². The molecule has 0 fully saturated rings. The number of rotatable bonds is 9. The summed E-state index contributed by atoms with van der Waals surface area (Å²) in [7, 11) is 1.34. The number of ether oxygens (including phenoxy) is 4. The first-order valence-electron chi connectivity index (χ1n) is 7.24. The Balaban J connectivity index is 5.46. The highest BCUT2D eigenvalue weighted by molar-refractivity contribution is 5.68. The maximum absolute atomic E-state index is 14.2. The fraction of sp³-hybridized carbons (Fsp3) is 0.800. The fourth-order valence-corrected chi connectivity index (χ4v) is 2.13. The molecule has 0 saturated heterocycles. The van der Waals surface area contributed by atoms with E-state index in [0.29, 0.717) is 0 Å². The van der Waals surface area contributed by atoms with Crippen LogP contribution < -0.4 is 0 Å². The fourth-order valence-electron chi connectivity index (χ4n) is 2.13. The van der Waals surface area contributed by atoms with Crippen LogP contribution in [-0.2, 0) is 33.3 Å². The van der Waals surface area contributed by atoms with Gasteiger partial charge in [-0.3, -0.25) is 14.4 Å². The predicted octanol–water partition coefficient (Wildman–Crippen LogP) is 1.42. The summed E-state index contributed by atoms with van der Waals surface area (Å²) in [6, 6.07) is 0. The molecule has 5 atom stereocenters. The number of esters is 3.